The fourth-order valence-corrected chi connectivity index (χ4v) is 3.64. The van der Waals surface area contributed by atoms with E-state index in [1.807, 2.05) is 115 Å². The molecule has 0 unspecified atom stereocenters. The van der Waals surface area contributed by atoms with Gasteiger partial charge in [0, 0.05) is 11.2 Å². The van der Waals surface area contributed by atoms with E-state index in [1.165, 1.54) is 6.33 Å². The topological polar surface area (TPSA) is 69.5 Å². The molecule has 0 fully saturated rings. The molecule has 2 aromatic heterocycles. The fraction of sp³-hybridized carbons (Fsp3) is 0.0323. The Morgan fingerprint density at radius 3 is 2.39 bits per heavy atom. The highest BCUT2D eigenvalue weighted by molar-refractivity contribution is 6.30. The highest BCUT2D eigenvalue weighted by Crippen LogP contribution is 2.21. The number of hydrogen-bond donors (Lipinski definition) is 0. The number of hydrogen-bond acceptors (Lipinski definition) is 6. The third kappa shape index (κ3) is 6.90. The van der Waals surface area contributed by atoms with Crippen molar-refractivity contribution in [2.75, 3.05) is 0 Å². The number of rotatable bonds is 9. The minimum absolute atomic E-state index is 0.384. The first-order valence-electron chi connectivity index (χ1n) is 11.9. The number of nitrogens with zero attached hydrogens (tertiary/aromatic N) is 4. The van der Waals surface area contributed by atoms with Gasteiger partial charge in [0.1, 0.15) is 24.4 Å². The van der Waals surface area contributed by atoms with Gasteiger partial charge in [0.05, 0.1) is 16.6 Å². The summed E-state index contributed by atoms with van der Waals surface area (Å²) in [6, 6.07) is 28.8. The molecule has 0 saturated heterocycles. The van der Waals surface area contributed by atoms with Gasteiger partial charge in [-0.25, -0.2) is 4.98 Å². The Labute approximate surface area is 225 Å². The second kappa shape index (κ2) is 12.4. The Hall–Kier alpha value is -4.81. The smallest absolute Gasteiger partial charge is 0.259 e. The lowest BCUT2D eigenvalue weighted by Crippen LogP contribution is -1.96. The SMILES string of the molecule is Clc1ccc(COc2ccc(/C=C/C(/C=C/c3ccccn3)=N/Oc3ncnc4ccccc34)cc2)cc1. The molecule has 7 heteroatoms. The summed E-state index contributed by atoms with van der Waals surface area (Å²) < 4.78 is 5.88. The molecule has 0 radical (unpaired) electrons. The van der Waals surface area contributed by atoms with Gasteiger partial charge in [-0.1, -0.05) is 65.3 Å². The van der Waals surface area contributed by atoms with Crippen molar-refractivity contribution in [3.05, 3.63) is 138 Å². The number of para-hydroxylation sites is 1. The van der Waals surface area contributed by atoms with E-state index in [0.717, 1.165) is 33.5 Å². The van der Waals surface area contributed by atoms with E-state index < -0.39 is 0 Å². The van der Waals surface area contributed by atoms with Crippen LogP contribution in [0.1, 0.15) is 16.8 Å². The lowest BCUT2D eigenvalue weighted by atomic mass is 10.1. The van der Waals surface area contributed by atoms with Crippen molar-refractivity contribution in [3.8, 4) is 11.6 Å². The number of allylic oxidation sites excluding steroid dienone is 2. The van der Waals surface area contributed by atoms with E-state index in [-0.39, 0.29) is 0 Å². The molecule has 0 atom stereocenters. The van der Waals surface area contributed by atoms with Crippen LogP contribution in [0, 0.1) is 0 Å². The minimum Gasteiger partial charge on any atom is -0.489 e. The van der Waals surface area contributed by atoms with E-state index in [1.54, 1.807) is 6.20 Å². The van der Waals surface area contributed by atoms with Gasteiger partial charge in [-0.2, -0.15) is 4.98 Å². The van der Waals surface area contributed by atoms with Crippen LogP contribution < -0.4 is 9.57 Å². The third-order valence-electron chi connectivity index (χ3n) is 5.50. The predicted octanol–water partition coefficient (Wildman–Crippen LogP) is 7.42. The van der Waals surface area contributed by atoms with Gasteiger partial charge in [-0.05, 0) is 77.9 Å². The Morgan fingerprint density at radius 1 is 0.789 bits per heavy atom. The number of oxime groups is 1. The summed E-state index contributed by atoms with van der Waals surface area (Å²) in [6.07, 6.45) is 10.7. The van der Waals surface area contributed by atoms with Gasteiger partial charge in [-0.3, -0.25) is 4.98 Å². The molecular formula is C31H23ClN4O2. The molecule has 5 rings (SSSR count). The second-order valence-corrected chi connectivity index (χ2v) is 8.65. The molecule has 5 aromatic rings. The maximum atomic E-state index is 5.95. The molecule has 0 bridgehead atoms. The summed E-state index contributed by atoms with van der Waals surface area (Å²) >= 11 is 5.95. The molecule has 3 aromatic carbocycles. The molecule has 2 heterocycles. The van der Waals surface area contributed by atoms with Crippen LogP contribution in [0.3, 0.4) is 0 Å². The van der Waals surface area contributed by atoms with Crippen molar-refractivity contribution in [1.82, 2.24) is 15.0 Å². The zero-order valence-electron chi connectivity index (χ0n) is 20.3. The predicted molar refractivity (Wildman–Crippen MR) is 152 cm³/mol. The molecule has 0 aliphatic heterocycles. The third-order valence-corrected chi connectivity index (χ3v) is 5.75. The number of aromatic nitrogens is 3. The molecule has 6 nitrogen and oxygen atoms in total. The maximum Gasteiger partial charge on any atom is 0.259 e. The Balaban J connectivity index is 1.31. The lowest BCUT2D eigenvalue weighted by Gasteiger charge is -2.06. The van der Waals surface area contributed by atoms with Crippen LogP contribution in [0.15, 0.2) is 121 Å². The molecular weight excluding hydrogens is 496 g/mol. The first-order chi connectivity index (χ1) is 18.7. The van der Waals surface area contributed by atoms with Crippen LogP contribution in [0.2, 0.25) is 5.02 Å². The van der Waals surface area contributed by atoms with E-state index in [0.29, 0.717) is 23.2 Å². The Bertz CT molecular complexity index is 1580. The number of halogens is 1. The number of pyridine rings is 1. The average molecular weight is 519 g/mol. The van der Waals surface area contributed by atoms with Gasteiger partial charge in [-0.15, -0.1) is 0 Å². The number of ether oxygens (including phenoxy) is 1. The molecule has 38 heavy (non-hydrogen) atoms. The number of benzene rings is 3. The highest BCUT2D eigenvalue weighted by Gasteiger charge is 2.04. The average Bonchev–Trinajstić information content (AvgIpc) is 2.97. The standard InChI is InChI=1S/C31H23ClN4O2/c32-25-13-8-24(9-14-25)21-37-28-18-11-23(12-19-28)10-15-27(17-16-26-5-3-4-20-33-26)36-38-31-29-6-1-2-7-30(29)34-22-35-31/h1-20,22H,21H2/b15-10+,17-16+,36-27-. The van der Waals surface area contributed by atoms with Gasteiger partial charge >= 0.3 is 0 Å². The van der Waals surface area contributed by atoms with Crippen molar-refractivity contribution in [2.24, 2.45) is 5.16 Å². The summed E-state index contributed by atoms with van der Waals surface area (Å²) in [5, 5.41) is 5.84. The van der Waals surface area contributed by atoms with Crippen molar-refractivity contribution < 1.29 is 9.57 Å². The molecule has 0 N–H and O–H groups in total. The summed E-state index contributed by atoms with van der Waals surface area (Å²) in [4.78, 5) is 18.6. The molecule has 186 valence electrons. The molecule has 0 saturated carbocycles. The molecule has 0 aliphatic carbocycles. The first kappa shape index (κ1) is 24.9. The number of fused-ring (bicyclic) bond motifs is 1. The first-order valence-corrected chi connectivity index (χ1v) is 12.3. The minimum atomic E-state index is 0.384. The van der Waals surface area contributed by atoms with Crippen LogP contribution in [0.5, 0.6) is 11.6 Å². The second-order valence-electron chi connectivity index (χ2n) is 8.21. The Morgan fingerprint density at radius 2 is 1.58 bits per heavy atom. The van der Waals surface area contributed by atoms with Crippen LogP contribution in [-0.4, -0.2) is 20.7 Å². The monoisotopic (exact) mass is 518 g/mol. The van der Waals surface area contributed by atoms with E-state index in [2.05, 4.69) is 20.1 Å². The summed E-state index contributed by atoms with van der Waals surface area (Å²) in [6.45, 7) is 0.469. The lowest BCUT2D eigenvalue weighted by molar-refractivity contribution is 0.306. The van der Waals surface area contributed by atoms with Crippen LogP contribution in [0.4, 0.5) is 0 Å². The maximum absolute atomic E-state index is 5.95. The van der Waals surface area contributed by atoms with Crippen LogP contribution in [0.25, 0.3) is 23.1 Å². The largest absolute Gasteiger partial charge is 0.489 e. The fourth-order valence-electron chi connectivity index (χ4n) is 3.51. The van der Waals surface area contributed by atoms with Crippen LogP contribution >= 0.6 is 11.6 Å². The van der Waals surface area contributed by atoms with Crippen molar-refractivity contribution >= 4 is 40.4 Å². The van der Waals surface area contributed by atoms with Crippen molar-refractivity contribution in [1.29, 1.82) is 0 Å². The molecule has 0 amide bonds. The van der Waals surface area contributed by atoms with Gasteiger partial charge in [0.15, 0.2) is 0 Å². The highest BCUT2D eigenvalue weighted by atomic mass is 35.5. The van der Waals surface area contributed by atoms with Crippen molar-refractivity contribution in [2.45, 2.75) is 6.61 Å². The van der Waals surface area contributed by atoms with Gasteiger partial charge in [0.2, 0.25) is 0 Å². The normalized spacial score (nSPS) is 11.9. The van der Waals surface area contributed by atoms with E-state index in [9.17, 15) is 0 Å². The van der Waals surface area contributed by atoms with E-state index in [4.69, 9.17) is 21.2 Å². The van der Waals surface area contributed by atoms with Crippen molar-refractivity contribution in [3.63, 3.8) is 0 Å². The molecule has 0 aliphatic rings. The Kier molecular flexibility index (Phi) is 8.13. The zero-order valence-corrected chi connectivity index (χ0v) is 21.1. The van der Waals surface area contributed by atoms with E-state index >= 15 is 0 Å². The quantitative estimate of drug-likeness (QED) is 0.150. The zero-order chi connectivity index (χ0) is 26.0. The van der Waals surface area contributed by atoms with Crippen LogP contribution in [-0.2, 0) is 6.61 Å². The molecule has 0 spiro atoms. The van der Waals surface area contributed by atoms with Gasteiger partial charge < -0.3 is 9.57 Å². The summed E-state index contributed by atoms with van der Waals surface area (Å²) in [7, 11) is 0. The summed E-state index contributed by atoms with van der Waals surface area (Å²) in [5.74, 6) is 1.16. The summed E-state index contributed by atoms with van der Waals surface area (Å²) in [5.41, 5.74) is 4.21. The van der Waals surface area contributed by atoms with Gasteiger partial charge in [0.25, 0.3) is 5.88 Å².